The fourth-order valence-corrected chi connectivity index (χ4v) is 2.68. The Hall–Kier alpha value is -1.35. The number of nitrogens with one attached hydrogen (secondary N) is 1. The van der Waals surface area contributed by atoms with Crippen LogP contribution in [0.5, 0.6) is 0 Å². The number of amidine groups is 1. The quantitative estimate of drug-likeness (QED) is 0.460. The standard InChI is InChI=1S/C15H23N3/c16-15(17)8-4-5-10-18-11-9-14(12-18)13-6-2-1-3-7-13/h1-3,6-7,14H,4-5,8-12H2,(H3,16,17). The first-order valence-electron chi connectivity index (χ1n) is 6.86. The molecule has 1 unspecified atom stereocenters. The fraction of sp³-hybridized carbons (Fsp3) is 0.533. The van der Waals surface area contributed by atoms with Crippen LogP contribution in [0.25, 0.3) is 0 Å². The summed E-state index contributed by atoms with van der Waals surface area (Å²) in [4.78, 5) is 2.54. The van der Waals surface area contributed by atoms with Gasteiger partial charge in [-0.1, -0.05) is 30.3 Å². The van der Waals surface area contributed by atoms with E-state index in [4.69, 9.17) is 11.1 Å². The molecule has 18 heavy (non-hydrogen) atoms. The van der Waals surface area contributed by atoms with Crippen molar-refractivity contribution in [2.24, 2.45) is 5.73 Å². The smallest absolute Gasteiger partial charge is 0.0905 e. The van der Waals surface area contributed by atoms with Crippen molar-refractivity contribution in [3.05, 3.63) is 35.9 Å². The lowest BCUT2D eigenvalue weighted by molar-refractivity contribution is 0.327. The first kappa shape index (κ1) is 13.1. The molecular formula is C15H23N3. The maximum absolute atomic E-state index is 7.19. The molecule has 1 aromatic rings. The van der Waals surface area contributed by atoms with Crippen LogP contribution in [-0.4, -0.2) is 30.4 Å². The summed E-state index contributed by atoms with van der Waals surface area (Å²) in [6, 6.07) is 10.8. The minimum Gasteiger partial charge on any atom is -0.388 e. The van der Waals surface area contributed by atoms with Crippen LogP contribution in [0.4, 0.5) is 0 Å². The SMILES string of the molecule is N=C(N)CCCCN1CCC(c2ccccc2)C1. The third-order valence-corrected chi connectivity index (χ3v) is 3.71. The van der Waals surface area contributed by atoms with Gasteiger partial charge in [0.15, 0.2) is 0 Å². The van der Waals surface area contributed by atoms with Gasteiger partial charge in [0.05, 0.1) is 5.84 Å². The van der Waals surface area contributed by atoms with Crippen molar-refractivity contribution in [3.63, 3.8) is 0 Å². The molecule has 0 saturated carbocycles. The lowest BCUT2D eigenvalue weighted by atomic mass is 9.99. The average molecular weight is 245 g/mol. The molecule has 3 N–H and O–H groups in total. The van der Waals surface area contributed by atoms with Crippen LogP contribution in [0.15, 0.2) is 30.3 Å². The first-order valence-corrected chi connectivity index (χ1v) is 6.86. The number of rotatable bonds is 6. The minimum absolute atomic E-state index is 0.318. The van der Waals surface area contributed by atoms with E-state index in [1.54, 1.807) is 0 Å². The van der Waals surface area contributed by atoms with E-state index in [0.717, 1.165) is 25.8 Å². The maximum atomic E-state index is 7.19. The molecule has 0 radical (unpaired) electrons. The third-order valence-electron chi connectivity index (χ3n) is 3.71. The molecule has 0 spiro atoms. The summed E-state index contributed by atoms with van der Waals surface area (Å²) in [6.45, 7) is 3.54. The molecule has 2 rings (SSSR count). The van der Waals surface area contributed by atoms with E-state index in [1.165, 1.54) is 25.1 Å². The number of likely N-dealkylation sites (tertiary alicyclic amines) is 1. The topological polar surface area (TPSA) is 53.1 Å². The lowest BCUT2D eigenvalue weighted by Crippen LogP contribution is -2.22. The van der Waals surface area contributed by atoms with E-state index in [9.17, 15) is 0 Å². The summed E-state index contributed by atoms with van der Waals surface area (Å²) in [5, 5.41) is 7.19. The highest BCUT2D eigenvalue weighted by atomic mass is 15.1. The number of hydrogen-bond acceptors (Lipinski definition) is 2. The highest BCUT2D eigenvalue weighted by Gasteiger charge is 2.22. The van der Waals surface area contributed by atoms with Gasteiger partial charge in [-0.2, -0.15) is 0 Å². The molecule has 0 bridgehead atoms. The Labute approximate surface area is 109 Å². The van der Waals surface area contributed by atoms with Gasteiger partial charge in [-0.3, -0.25) is 5.41 Å². The van der Waals surface area contributed by atoms with Crippen LogP contribution in [0.1, 0.15) is 37.2 Å². The Morgan fingerprint density at radius 3 is 2.78 bits per heavy atom. The summed E-state index contributed by atoms with van der Waals surface area (Å²) < 4.78 is 0. The van der Waals surface area contributed by atoms with Gasteiger partial charge in [0, 0.05) is 13.0 Å². The predicted octanol–water partition coefficient (Wildman–Crippen LogP) is 2.58. The zero-order chi connectivity index (χ0) is 12.8. The molecular weight excluding hydrogens is 222 g/mol. The van der Waals surface area contributed by atoms with E-state index in [2.05, 4.69) is 35.2 Å². The first-order chi connectivity index (χ1) is 8.75. The van der Waals surface area contributed by atoms with Gasteiger partial charge in [0.1, 0.15) is 0 Å². The van der Waals surface area contributed by atoms with E-state index in [1.807, 2.05) is 0 Å². The molecule has 0 aromatic heterocycles. The molecule has 3 nitrogen and oxygen atoms in total. The Morgan fingerprint density at radius 2 is 2.06 bits per heavy atom. The van der Waals surface area contributed by atoms with Crippen LogP contribution in [0.2, 0.25) is 0 Å². The van der Waals surface area contributed by atoms with Crippen molar-refractivity contribution in [3.8, 4) is 0 Å². The summed E-state index contributed by atoms with van der Waals surface area (Å²) in [5.74, 6) is 1.03. The lowest BCUT2D eigenvalue weighted by Gasteiger charge is -2.15. The van der Waals surface area contributed by atoms with Crippen molar-refractivity contribution < 1.29 is 0 Å². The van der Waals surface area contributed by atoms with Crippen molar-refractivity contribution in [2.75, 3.05) is 19.6 Å². The van der Waals surface area contributed by atoms with Crippen molar-refractivity contribution in [1.29, 1.82) is 5.41 Å². The maximum Gasteiger partial charge on any atom is 0.0905 e. The van der Waals surface area contributed by atoms with E-state index in [0.29, 0.717) is 11.8 Å². The summed E-state index contributed by atoms with van der Waals surface area (Å²) in [5.41, 5.74) is 6.83. The van der Waals surface area contributed by atoms with Gasteiger partial charge in [0.2, 0.25) is 0 Å². The molecule has 1 heterocycles. The molecule has 98 valence electrons. The second kappa shape index (κ2) is 6.55. The number of benzene rings is 1. The number of hydrogen-bond donors (Lipinski definition) is 2. The van der Waals surface area contributed by atoms with E-state index in [-0.39, 0.29) is 0 Å². The summed E-state index contributed by atoms with van der Waals surface area (Å²) in [6.07, 6.45) is 4.22. The van der Waals surface area contributed by atoms with Gasteiger partial charge < -0.3 is 10.6 Å². The molecule has 3 heteroatoms. The molecule has 1 atom stereocenters. The van der Waals surface area contributed by atoms with Gasteiger partial charge in [0.25, 0.3) is 0 Å². The highest BCUT2D eigenvalue weighted by Crippen LogP contribution is 2.26. The summed E-state index contributed by atoms with van der Waals surface area (Å²) >= 11 is 0. The van der Waals surface area contributed by atoms with Crippen molar-refractivity contribution in [2.45, 2.75) is 31.6 Å². The summed E-state index contributed by atoms with van der Waals surface area (Å²) in [7, 11) is 0. The van der Waals surface area contributed by atoms with Crippen LogP contribution in [0, 0.1) is 5.41 Å². The molecule has 0 amide bonds. The van der Waals surface area contributed by atoms with Crippen LogP contribution in [0.3, 0.4) is 0 Å². The Morgan fingerprint density at radius 1 is 1.28 bits per heavy atom. The monoisotopic (exact) mass is 245 g/mol. The van der Waals surface area contributed by atoms with Crippen LogP contribution in [-0.2, 0) is 0 Å². The van der Waals surface area contributed by atoms with Crippen molar-refractivity contribution in [1.82, 2.24) is 4.90 Å². The Balaban J connectivity index is 1.70. The van der Waals surface area contributed by atoms with Crippen LogP contribution >= 0.6 is 0 Å². The Kier molecular flexibility index (Phi) is 4.76. The number of nitrogens with two attached hydrogens (primary N) is 1. The molecule has 1 aliphatic rings. The molecule has 1 fully saturated rings. The van der Waals surface area contributed by atoms with E-state index < -0.39 is 0 Å². The largest absolute Gasteiger partial charge is 0.388 e. The van der Waals surface area contributed by atoms with Gasteiger partial charge in [-0.15, -0.1) is 0 Å². The number of nitrogens with zero attached hydrogens (tertiary/aromatic N) is 1. The highest BCUT2D eigenvalue weighted by molar-refractivity contribution is 5.76. The van der Waals surface area contributed by atoms with Gasteiger partial charge in [-0.25, -0.2) is 0 Å². The average Bonchev–Trinajstić information content (AvgIpc) is 2.84. The molecule has 0 aliphatic carbocycles. The third kappa shape index (κ3) is 3.84. The zero-order valence-electron chi connectivity index (χ0n) is 10.9. The zero-order valence-corrected chi connectivity index (χ0v) is 10.9. The Bertz CT molecular complexity index is 375. The second-order valence-electron chi connectivity index (χ2n) is 5.18. The molecule has 1 saturated heterocycles. The van der Waals surface area contributed by atoms with Gasteiger partial charge >= 0.3 is 0 Å². The molecule has 1 aromatic carbocycles. The minimum atomic E-state index is 0.318. The van der Waals surface area contributed by atoms with Gasteiger partial charge in [-0.05, 0) is 43.8 Å². The molecule has 1 aliphatic heterocycles. The normalized spacial score (nSPS) is 20.1. The van der Waals surface area contributed by atoms with Crippen LogP contribution < -0.4 is 5.73 Å². The predicted molar refractivity (Wildman–Crippen MR) is 76.0 cm³/mol. The number of unbranched alkanes of at least 4 members (excludes halogenated alkanes) is 1. The fourth-order valence-electron chi connectivity index (χ4n) is 2.68. The second-order valence-corrected chi connectivity index (χ2v) is 5.18. The van der Waals surface area contributed by atoms with Crippen molar-refractivity contribution >= 4 is 5.84 Å². The van der Waals surface area contributed by atoms with E-state index >= 15 is 0 Å².